The van der Waals surface area contributed by atoms with Crippen LogP contribution in [0.25, 0.3) is 0 Å². The highest BCUT2D eigenvalue weighted by molar-refractivity contribution is 5.69. The van der Waals surface area contributed by atoms with Crippen molar-refractivity contribution in [2.45, 2.75) is 31.1 Å². The van der Waals surface area contributed by atoms with Crippen molar-refractivity contribution in [3.05, 3.63) is 33.1 Å². The lowest BCUT2D eigenvalue weighted by Crippen LogP contribution is -2.34. The summed E-state index contributed by atoms with van der Waals surface area (Å²) in [7, 11) is 1.11. The quantitative estimate of drug-likeness (QED) is 0.770. The molecule has 0 aromatic carbocycles. The lowest BCUT2D eigenvalue weighted by Gasteiger charge is -2.15. The van der Waals surface area contributed by atoms with Crippen LogP contribution in [-0.4, -0.2) is 41.1 Å². The van der Waals surface area contributed by atoms with Gasteiger partial charge in [-0.25, -0.2) is 13.6 Å². The number of carbonyl (C=O) groups is 1. The van der Waals surface area contributed by atoms with Crippen LogP contribution < -0.4 is 11.2 Å². The number of nitrogens with one attached hydrogen (secondary N) is 1. The zero-order valence-electron chi connectivity index (χ0n) is 10.4. The van der Waals surface area contributed by atoms with Gasteiger partial charge in [0.15, 0.2) is 18.6 Å². The van der Waals surface area contributed by atoms with Gasteiger partial charge < -0.3 is 9.47 Å². The number of hydrogen-bond acceptors (Lipinski definition) is 5. The molecule has 4 atom stereocenters. The second-order valence-electron chi connectivity index (χ2n) is 4.25. The number of hydrogen-bond donors (Lipinski definition) is 1. The van der Waals surface area contributed by atoms with Crippen molar-refractivity contribution in [2.75, 3.05) is 7.11 Å². The number of esters is 1. The minimum absolute atomic E-state index is 0.466. The van der Waals surface area contributed by atoms with Crippen molar-refractivity contribution in [3.8, 4) is 0 Å². The third kappa shape index (κ3) is 2.62. The Hall–Kier alpha value is -2.03. The molecule has 1 aliphatic rings. The number of methoxy groups -OCH3 is 1. The molecule has 1 saturated heterocycles. The Kier molecular flexibility index (Phi) is 3.98. The predicted octanol–water partition coefficient (Wildman–Crippen LogP) is -0.327. The monoisotopic (exact) mass is 290 g/mol. The number of aromatic amines is 1. The molecular formula is C11H12F2N2O5. The van der Waals surface area contributed by atoms with Crippen molar-refractivity contribution in [3.63, 3.8) is 0 Å². The third-order valence-corrected chi connectivity index (χ3v) is 2.97. The van der Waals surface area contributed by atoms with E-state index in [1.807, 2.05) is 4.98 Å². The number of halogens is 2. The fraction of sp³-hybridized carbons (Fsp3) is 0.545. The second-order valence-corrected chi connectivity index (χ2v) is 4.25. The number of H-pyrrole nitrogens is 1. The first kappa shape index (κ1) is 14.4. The van der Waals surface area contributed by atoms with Gasteiger partial charge in [0.25, 0.3) is 5.56 Å². The molecule has 0 radical (unpaired) electrons. The molecule has 1 aromatic heterocycles. The van der Waals surface area contributed by atoms with Crippen molar-refractivity contribution in [1.82, 2.24) is 9.55 Å². The highest BCUT2D eigenvalue weighted by atomic mass is 19.2. The van der Waals surface area contributed by atoms with Crippen LogP contribution in [0, 0.1) is 0 Å². The minimum Gasteiger partial charge on any atom is -0.469 e. The molecule has 0 amide bonds. The van der Waals surface area contributed by atoms with Gasteiger partial charge in [-0.05, 0) is 0 Å². The van der Waals surface area contributed by atoms with E-state index in [9.17, 15) is 23.2 Å². The van der Waals surface area contributed by atoms with E-state index in [-0.39, 0.29) is 0 Å². The van der Waals surface area contributed by atoms with Gasteiger partial charge in [-0.3, -0.25) is 19.1 Å². The highest BCUT2D eigenvalue weighted by Crippen LogP contribution is 2.34. The topological polar surface area (TPSA) is 90.4 Å². The summed E-state index contributed by atoms with van der Waals surface area (Å²) in [6.07, 6.45) is -6.55. The number of nitrogens with zero attached hydrogens (tertiary/aromatic N) is 1. The summed E-state index contributed by atoms with van der Waals surface area (Å²) in [6, 6.07) is 0.984. The van der Waals surface area contributed by atoms with E-state index in [0.717, 1.165) is 23.9 Å². The molecule has 7 nitrogen and oxygen atoms in total. The fourth-order valence-corrected chi connectivity index (χ4v) is 1.95. The largest absolute Gasteiger partial charge is 0.469 e. The summed E-state index contributed by atoms with van der Waals surface area (Å²) in [4.78, 5) is 35.4. The van der Waals surface area contributed by atoms with Crippen LogP contribution >= 0.6 is 0 Å². The molecule has 20 heavy (non-hydrogen) atoms. The highest BCUT2D eigenvalue weighted by Gasteiger charge is 2.47. The number of alkyl halides is 2. The van der Waals surface area contributed by atoms with Gasteiger partial charge in [0.05, 0.1) is 13.5 Å². The SMILES string of the molecule is COC(=O)C[C@H]1O[C@@H](n2ccc(=O)[nH]c2=O)[C@H](F)[C@@H]1F. The fourth-order valence-electron chi connectivity index (χ4n) is 1.95. The summed E-state index contributed by atoms with van der Waals surface area (Å²) < 4.78 is 37.7. The summed E-state index contributed by atoms with van der Waals surface area (Å²) in [6.45, 7) is 0. The van der Waals surface area contributed by atoms with Crippen LogP contribution in [0.5, 0.6) is 0 Å². The Morgan fingerprint density at radius 2 is 2.15 bits per heavy atom. The predicted molar refractivity (Wildman–Crippen MR) is 61.7 cm³/mol. The zero-order valence-corrected chi connectivity index (χ0v) is 10.4. The molecule has 110 valence electrons. The lowest BCUT2D eigenvalue weighted by molar-refractivity contribution is -0.145. The molecule has 2 rings (SSSR count). The van der Waals surface area contributed by atoms with Gasteiger partial charge in [0, 0.05) is 12.3 Å². The van der Waals surface area contributed by atoms with E-state index in [4.69, 9.17) is 4.74 Å². The van der Waals surface area contributed by atoms with Crippen molar-refractivity contribution < 1.29 is 23.0 Å². The molecule has 0 bridgehead atoms. The summed E-state index contributed by atoms with van der Waals surface area (Å²) in [5.41, 5.74) is -1.58. The normalized spacial score (nSPS) is 29.4. The summed E-state index contributed by atoms with van der Waals surface area (Å²) in [5, 5.41) is 0. The molecule has 1 aliphatic heterocycles. The smallest absolute Gasteiger partial charge is 0.330 e. The first-order valence-corrected chi connectivity index (χ1v) is 5.76. The van der Waals surface area contributed by atoms with Gasteiger partial charge in [0.2, 0.25) is 0 Å². The van der Waals surface area contributed by atoms with E-state index in [1.165, 1.54) is 0 Å². The number of ether oxygens (including phenoxy) is 2. The van der Waals surface area contributed by atoms with Crippen molar-refractivity contribution >= 4 is 5.97 Å². The van der Waals surface area contributed by atoms with Crippen LogP contribution in [0.1, 0.15) is 12.6 Å². The van der Waals surface area contributed by atoms with Crippen molar-refractivity contribution in [2.24, 2.45) is 0 Å². The summed E-state index contributed by atoms with van der Waals surface area (Å²) in [5.74, 6) is -0.751. The van der Waals surface area contributed by atoms with Crippen molar-refractivity contribution in [1.29, 1.82) is 0 Å². The van der Waals surface area contributed by atoms with E-state index in [0.29, 0.717) is 0 Å². The molecule has 0 saturated carbocycles. The first-order valence-electron chi connectivity index (χ1n) is 5.76. The Balaban J connectivity index is 2.24. The van der Waals surface area contributed by atoms with Gasteiger partial charge >= 0.3 is 11.7 Å². The molecule has 0 aliphatic carbocycles. The van der Waals surface area contributed by atoms with E-state index < -0.39 is 48.3 Å². The molecule has 1 N–H and O–H groups in total. The van der Waals surface area contributed by atoms with Crippen LogP contribution in [0.15, 0.2) is 21.9 Å². The number of aromatic nitrogens is 2. The van der Waals surface area contributed by atoms with E-state index in [1.54, 1.807) is 0 Å². The molecule has 1 fully saturated rings. The van der Waals surface area contributed by atoms with Crippen LogP contribution in [0.3, 0.4) is 0 Å². The Labute approximate surface area is 111 Å². The van der Waals surface area contributed by atoms with E-state index in [2.05, 4.69) is 4.74 Å². The zero-order chi connectivity index (χ0) is 14.9. The van der Waals surface area contributed by atoms with Gasteiger partial charge in [-0.1, -0.05) is 0 Å². The average Bonchev–Trinajstić information content (AvgIpc) is 2.67. The molecule has 1 aromatic rings. The standard InChI is InChI=1S/C11H12F2N2O5/c1-19-7(17)4-5-8(12)9(13)10(20-5)15-3-2-6(16)14-11(15)18/h2-3,5,8-10H,4H2,1H3,(H,14,16,18)/t5-,8-,9-,10-/m1/s1. The summed E-state index contributed by atoms with van der Waals surface area (Å²) >= 11 is 0. The Morgan fingerprint density at radius 3 is 2.75 bits per heavy atom. The van der Waals surface area contributed by atoms with Gasteiger partial charge in [-0.15, -0.1) is 0 Å². The molecule has 0 spiro atoms. The Morgan fingerprint density at radius 1 is 1.45 bits per heavy atom. The maximum atomic E-state index is 13.8. The lowest BCUT2D eigenvalue weighted by atomic mass is 10.1. The Bertz CT molecular complexity index is 613. The minimum atomic E-state index is -2.13. The number of carbonyl (C=O) groups excluding carboxylic acids is 1. The molecule has 0 unspecified atom stereocenters. The maximum Gasteiger partial charge on any atom is 0.330 e. The second kappa shape index (κ2) is 5.53. The first-order chi connectivity index (χ1) is 9.43. The molecule has 2 heterocycles. The maximum absolute atomic E-state index is 13.8. The number of rotatable bonds is 3. The van der Waals surface area contributed by atoms with Gasteiger partial charge in [-0.2, -0.15) is 0 Å². The molecule has 9 heteroatoms. The van der Waals surface area contributed by atoms with Crippen LogP contribution in [0.4, 0.5) is 8.78 Å². The van der Waals surface area contributed by atoms with Crippen LogP contribution in [-0.2, 0) is 14.3 Å². The van der Waals surface area contributed by atoms with E-state index >= 15 is 0 Å². The average molecular weight is 290 g/mol. The molecular weight excluding hydrogens is 278 g/mol. The third-order valence-electron chi connectivity index (χ3n) is 2.97. The van der Waals surface area contributed by atoms with Gasteiger partial charge in [0.1, 0.15) is 6.10 Å². The van der Waals surface area contributed by atoms with Crippen LogP contribution in [0.2, 0.25) is 0 Å².